The van der Waals surface area contributed by atoms with Gasteiger partial charge in [-0.15, -0.1) is 0 Å². The third kappa shape index (κ3) is 6.53. The van der Waals surface area contributed by atoms with Crippen LogP contribution >= 0.6 is 0 Å². The average Bonchev–Trinajstić information content (AvgIpc) is 3.29. The molecular formula is C28H38F3N7O. The Morgan fingerprint density at radius 3 is 2.38 bits per heavy atom. The lowest BCUT2D eigenvalue weighted by Crippen LogP contribution is -2.43. The van der Waals surface area contributed by atoms with E-state index in [0.29, 0.717) is 30.3 Å². The number of halogens is 3. The zero-order valence-electron chi connectivity index (χ0n) is 22.7. The largest absolute Gasteiger partial charge is 0.408 e. The standard InChI is InChI=1S/C28H38F3N7O/c1-3-4-24(28(29,30)31)33-27-32-17-23-25(35-38(26(23)34-27)21-9-11-22(39)12-10-21)20-7-5-19(6-8-20)18-37-15-13-36(2)14-16-37/h5-8,17,21-22,24,39H,3-4,9-16,18H2,1-2H3,(H,32,33,34)/t21?,22?,24-/m0/s1. The van der Waals surface area contributed by atoms with Crippen LogP contribution in [0.2, 0.25) is 0 Å². The Hall–Kier alpha value is -2.76. The van der Waals surface area contributed by atoms with E-state index in [-0.39, 0.29) is 24.5 Å². The number of fused-ring (bicyclic) bond motifs is 1. The number of nitrogens with zero attached hydrogens (tertiary/aromatic N) is 6. The van der Waals surface area contributed by atoms with Crippen molar-refractivity contribution in [2.24, 2.45) is 0 Å². The van der Waals surface area contributed by atoms with E-state index in [1.807, 2.05) is 4.68 Å². The molecule has 1 aliphatic carbocycles. The maximum absolute atomic E-state index is 13.6. The second kappa shape index (κ2) is 11.8. The summed E-state index contributed by atoms with van der Waals surface area (Å²) < 4.78 is 42.6. The van der Waals surface area contributed by atoms with Crippen LogP contribution in [0.15, 0.2) is 30.5 Å². The molecule has 5 rings (SSSR count). The minimum Gasteiger partial charge on any atom is -0.393 e. The summed E-state index contributed by atoms with van der Waals surface area (Å²) in [6, 6.07) is 6.63. The maximum Gasteiger partial charge on any atom is 0.408 e. The summed E-state index contributed by atoms with van der Waals surface area (Å²) in [4.78, 5) is 13.6. The fraction of sp³-hybridized carbons (Fsp3) is 0.607. The number of likely N-dealkylation sites (N-methyl/N-ethyl adjacent to an activating group) is 1. The molecule has 2 aromatic heterocycles. The molecule has 1 aliphatic heterocycles. The molecule has 0 bridgehead atoms. The number of rotatable bonds is 8. The van der Waals surface area contributed by atoms with Gasteiger partial charge in [0.25, 0.3) is 0 Å². The lowest BCUT2D eigenvalue weighted by atomic mass is 9.93. The van der Waals surface area contributed by atoms with Gasteiger partial charge in [-0.1, -0.05) is 37.6 Å². The molecule has 39 heavy (non-hydrogen) atoms. The third-order valence-electron chi connectivity index (χ3n) is 7.97. The monoisotopic (exact) mass is 545 g/mol. The minimum atomic E-state index is -4.40. The third-order valence-corrected chi connectivity index (χ3v) is 7.97. The molecule has 1 saturated carbocycles. The molecule has 0 radical (unpaired) electrons. The first-order chi connectivity index (χ1) is 18.7. The normalized spacial score (nSPS) is 22.3. The predicted octanol–water partition coefficient (Wildman–Crippen LogP) is 4.86. The van der Waals surface area contributed by atoms with E-state index in [9.17, 15) is 18.3 Å². The average molecular weight is 546 g/mol. The molecule has 1 atom stereocenters. The highest BCUT2D eigenvalue weighted by molar-refractivity contribution is 5.91. The van der Waals surface area contributed by atoms with Gasteiger partial charge in [0.1, 0.15) is 11.7 Å². The van der Waals surface area contributed by atoms with Gasteiger partial charge in [-0.3, -0.25) is 4.90 Å². The number of aromatic nitrogens is 4. The molecule has 11 heteroatoms. The first kappa shape index (κ1) is 27.8. The summed E-state index contributed by atoms with van der Waals surface area (Å²) in [5.41, 5.74) is 3.38. The van der Waals surface area contributed by atoms with Crippen molar-refractivity contribution in [2.75, 3.05) is 38.5 Å². The molecule has 0 unspecified atom stereocenters. The van der Waals surface area contributed by atoms with Gasteiger partial charge in [-0.25, -0.2) is 9.67 Å². The van der Waals surface area contributed by atoms with Crippen molar-refractivity contribution in [3.05, 3.63) is 36.0 Å². The number of aliphatic hydroxyl groups excluding tert-OH is 1. The molecule has 212 valence electrons. The zero-order valence-corrected chi connectivity index (χ0v) is 22.7. The number of hydrogen-bond donors (Lipinski definition) is 2. The number of benzene rings is 1. The van der Waals surface area contributed by atoms with E-state index in [1.54, 1.807) is 13.1 Å². The summed E-state index contributed by atoms with van der Waals surface area (Å²) >= 11 is 0. The molecule has 1 saturated heterocycles. The number of aliphatic hydroxyl groups is 1. The summed E-state index contributed by atoms with van der Waals surface area (Å²) in [6.45, 7) is 6.84. The second-order valence-corrected chi connectivity index (χ2v) is 11.0. The van der Waals surface area contributed by atoms with Gasteiger partial charge in [0.15, 0.2) is 5.65 Å². The van der Waals surface area contributed by atoms with Crippen molar-refractivity contribution in [3.63, 3.8) is 0 Å². The summed E-state index contributed by atoms with van der Waals surface area (Å²) in [7, 11) is 2.15. The van der Waals surface area contributed by atoms with Gasteiger partial charge in [-0.2, -0.15) is 23.3 Å². The van der Waals surface area contributed by atoms with Gasteiger partial charge < -0.3 is 15.3 Å². The Bertz CT molecular complexity index is 1230. The van der Waals surface area contributed by atoms with Crippen LogP contribution in [0.1, 0.15) is 57.1 Å². The molecule has 8 nitrogen and oxygen atoms in total. The van der Waals surface area contributed by atoms with E-state index in [4.69, 9.17) is 5.10 Å². The minimum absolute atomic E-state index is 0.0120. The van der Waals surface area contributed by atoms with Gasteiger partial charge >= 0.3 is 6.18 Å². The topological polar surface area (TPSA) is 82.3 Å². The van der Waals surface area contributed by atoms with Crippen LogP contribution in [-0.4, -0.2) is 86.2 Å². The van der Waals surface area contributed by atoms with Crippen molar-refractivity contribution in [1.29, 1.82) is 0 Å². The van der Waals surface area contributed by atoms with Crippen molar-refractivity contribution in [3.8, 4) is 11.3 Å². The van der Waals surface area contributed by atoms with Gasteiger partial charge in [0.05, 0.1) is 17.5 Å². The Morgan fingerprint density at radius 1 is 1.05 bits per heavy atom. The lowest BCUT2D eigenvalue weighted by molar-refractivity contribution is -0.143. The number of alkyl halides is 3. The fourth-order valence-electron chi connectivity index (χ4n) is 5.56. The molecule has 3 aromatic rings. The summed E-state index contributed by atoms with van der Waals surface area (Å²) in [5.74, 6) is -0.0515. The first-order valence-corrected chi connectivity index (χ1v) is 14.0. The van der Waals surface area contributed by atoms with E-state index < -0.39 is 12.2 Å². The van der Waals surface area contributed by atoms with Gasteiger partial charge in [-0.05, 0) is 44.7 Å². The molecule has 0 spiro atoms. The Morgan fingerprint density at radius 2 is 1.74 bits per heavy atom. The maximum atomic E-state index is 13.6. The first-order valence-electron chi connectivity index (χ1n) is 14.0. The van der Waals surface area contributed by atoms with Crippen LogP contribution in [0.3, 0.4) is 0 Å². The number of nitrogens with one attached hydrogen (secondary N) is 1. The molecule has 3 heterocycles. The summed E-state index contributed by atoms with van der Waals surface area (Å²) in [6.07, 6.45) is -0.0406. The molecule has 2 fully saturated rings. The van der Waals surface area contributed by atoms with E-state index in [0.717, 1.165) is 56.8 Å². The van der Waals surface area contributed by atoms with E-state index in [1.165, 1.54) is 5.56 Å². The fourth-order valence-corrected chi connectivity index (χ4v) is 5.56. The predicted molar refractivity (Wildman–Crippen MR) is 145 cm³/mol. The van der Waals surface area contributed by atoms with Crippen LogP contribution in [0.25, 0.3) is 22.3 Å². The molecule has 2 aliphatic rings. The second-order valence-electron chi connectivity index (χ2n) is 11.0. The smallest absolute Gasteiger partial charge is 0.393 e. The molecule has 2 N–H and O–H groups in total. The van der Waals surface area contributed by atoms with Crippen molar-refractivity contribution < 1.29 is 18.3 Å². The van der Waals surface area contributed by atoms with Gasteiger partial charge in [0, 0.05) is 44.5 Å². The molecule has 1 aromatic carbocycles. The van der Waals surface area contributed by atoms with Crippen LogP contribution in [0, 0.1) is 0 Å². The van der Waals surface area contributed by atoms with Crippen molar-refractivity contribution in [1.82, 2.24) is 29.5 Å². The van der Waals surface area contributed by atoms with E-state index >= 15 is 0 Å². The van der Waals surface area contributed by atoms with Crippen molar-refractivity contribution in [2.45, 2.75) is 76.4 Å². The Labute approximate surface area is 227 Å². The van der Waals surface area contributed by atoms with Crippen LogP contribution < -0.4 is 5.32 Å². The Kier molecular flexibility index (Phi) is 8.39. The quantitative estimate of drug-likeness (QED) is 0.418. The van der Waals surface area contributed by atoms with Crippen LogP contribution in [0.5, 0.6) is 0 Å². The lowest BCUT2D eigenvalue weighted by Gasteiger charge is -2.32. The summed E-state index contributed by atoms with van der Waals surface area (Å²) in [5, 5.41) is 18.2. The zero-order chi connectivity index (χ0) is 27.6. The van der Waals surface area contributed by atoms with Crippen LogP contribution in [0.4, 0.5) is 19.1 Å². The van der Waals surface area contributed by atoms with Crippen LogP contribution in [-0.2, 0) is 6.54 Å². The highest BCUT2D eigenvalue weighted by atomic mass is 19.4. The highest BCUT2D eigenvalue weighted by Gasteiger charge is 2.39. The molecular weight excluding hydrogens is 507 g/mol. The van der Waals surface area contributed by atoms with Gasteiger partial charge in [0.2, 0.25) is 5.95 Å². The van der Waals surface area contributed by atoms with E-state index in [2.05, 4.69) is 56.4 Å². The number of piperazine rings is 1. The number of anilines is 1. The van der Waals surface area contributed by atoms with Crippen molar-refractivity contribution >= 4 is 17.0 Å². The molecule has 0 amide bonds. The highest BCUT2D eigenvalue weighted by Crippen LogP contribution is 2.35. The SMILES string of the molecule is CCC[C@H](Nc1ncc2c(-c3ccc(CN4CCN(C)CC4)cc3)nn(C3CCC(O)CC3)c2n1)C(F)(F)F. The number of hydrogen-bond acceptors (Lipinski definition) is 7. The Balaban J connectivity index is 1.45.